The molecule has 0 saturated heterocycles. The van der Waals surface area contributed by atoms with Gasteiger partial charge < -0.3 is 14.9 Å². The predicted molar refractivity (Wildman–Crippen MR) is 108 cm³/mol. The minimum atomic E-state index is -1.42. The normalized spacial score (nSPS) is 33.1. The molecule has 0 aromatic rings. The summed E-state index contributed by atoms with van der Waals surface area (Å²) in [6.07, 6.45) is 9.29. The molecule has 6 heteroatoms. The van der Waals surface area contributed by atoms with Gasteiger partial charge in [-0.05, 0) is 30.6 Å². The Kier molecular flexibility index (Phi) is 6.62. The minimum absolute atomic E-state index is 0.503. The van der Waals surface area contributed by atoms with Gasteiger partial charge in [-0.2, -0.15) is 0 Å². The third-order valence-corrected chi connectivity index (χ3v) is 13.3. The molecule has 1 fully saturated rings. The zero-order chi connectivity index (χ0) is 18.2. The first kappa shape index (κ1) is 21.2. The summed E-state index contributed by atoms with van der Waals surface area (Å²) in [6.45, 7) is 12.6. The molecule has 0 aromatic carbocycles. The fraction of sp³-hybridized carbons (Fsp3) is 0.765. The second-order valence-corrected chi connectivity index (χ2v) is 14.6. The average Bonchev–Trinajstić information content (AvgIpc) is 2.62. The van der Waals surface area contributed by atoms with Crippen molar-refractivity contribution in [1.82, 2.24) is 0 Å². The monoisotopic (exact) mass is 357 g/mol. The maximum atomic E-state index is 10.4. The second kappa shape index (κ2) is 7.18. The van der Waals surface area contributed by atoms with Gasteiger partial charge in [0.25, 0.3) is 0 Å². The summed E-state index contributed by atoms with van der Waals surface area (Å²) in [6, 6.07) is 0. The first-order chi connectivity index (χ1) is 10.3. The van der Waals surface area contributed by atoms with Crippen LogP contribution >= 0.6 is 14.4 Å². The van der Waals surface area contributed by atoms with Crippen LogP contribution in [0.4, 0.5) is 0 Å². The van der Waals surface area contributed by atoms with Crippen LogP contribution in [-0.2, 0) is 4.74 Å². The quantitative estimate of drug-likeness (QED) is 0.418. The molecule has 3 nitrogen and oxygen atoms in total. The van der Waals surface area contributed by atoms with Gasteiger partial charge in [0.15, 0.2) is 0 Å². The van der Waals surface area contributed by atoms with E-state index in [4.69, 9.17) is 12.6 Å². The van der Waals surface area contributed by atoms with Crippen LogP contribution < -0.4 is 0 Å². The first-order valence-electron chi connectivity index (χ1n) is 8.13. The van der Waals surface area contributed by atoms with Crippen LogP contribution in [0.2, 0.25) is 5.82 Å². The van der Waals surface area contributed by atoms with Crippen LogP contribution in [0.3, 0.4) is 0 Å². The summed E-state index contributed by atoms with van der Waals surface area (Å²) in [5.41, 5.74) is -0.877. The fourth-order valence-electron chi connectivity index (χ4n) is 2.73. The van der Waals surface area contributed by atoms with Gasteiger partial charge in [0.2, 0.25) is 5.34 Å². The molecule has 1 aliphatic rings. The van der Waals surface area contributed by atoms with Gasteiger partial charge in [0.1, 0.15) is 25.7 Å². The summed E-state index contributed by atoms with van der Waals surface area (Å²) in [7, 11) is 5.29. The maximum Gasteiger partial charge on any atom is 0.219 e. The Hall–Kier alpha value is 0.155. The van der Waals surface area contributed by atoms with Crippen molar-refractivity contribution in [2.75, 3.05) is 18.2 Å². The highest BCUT2D eigenvalue weighted by molar-refractivity contribution is 7.83. The third kappa shape index (κ3) is 4.22. The van der Waals surface area contributed by atoms with Crippen LogP contribution in [-0.4, -0.2) is 72.0 Å². The van der Waals surface area contributed by atoms with Gasteiger partial charge >= 0.3 is 0 Å². The number of ether oxygens (including phenoxy) is 1. The Morgan fingerprint density at radius 2 is 1.87 bits per heavy atom. The zero-order valence-corrected chi connectivity index (χ0v) is 17.0. The molecule has 1 aliphatic carbocycles. The van der Waals surface area contributed by atoms with E-state index in [1.807, 2.05) is 13.8 Å². The molecule has 5 atom stereocenters. The van der Waals surface area contributed by atoms with Gasteiger partial charge in [-0.3, -0.25) is 0 Å². The predicted octanol–water partition coefficient (Wildman–Crippen LogP) is 3.11. The largest absolute Gasteiger partial charge is 0.388 e. The molecule has 1 saturated carbocycles. The van der Waals surface area contributed by atoms with Crippen LogP contribution in [0, 0.1) is 0 Å². The Labute approximate surface area is 144 Å². The lowest BCUT2D eigenvalue weighted by Crippen LogP contribution is -2.44. The molecule has 0 bridgehead atoms. The van der Waals surface area contributed by atoms with Gasteiger partial charge in [-0.15, -0.1) is 0 Å². The molecule has 1 rings (SSSR count). The second-order valence-electron chi connectivity index (χ2n) is 7.36. The van der Waals surface area contributed by atoms with Crippen LogP contribution in [0.15, 0.2) is 12.2 Å². The molecule has 1 unspecified atom stereocenters. The molecule has 0 amide bonds. The Bertz CT molecular complexity index is 520. The minimum Gasteiger partial charge on any atom is -0.388 e. The highest BCUT2D eigenvalue weighted by atomic mass is 31.2. The Morgan fingerprint density at radius 3 is 2.22 bits per heavy atom. The van der Waals surface area contributed by atoms with Crippen LogP contribution in [0.5, 0.6) is 0 Å². The number of aliphatic hydroxyl groups excluding tert-OH is 1. The summed E-state index contributed by atoms with van der Waals surface area (Å²) >= 11 is 0. The number of aliphatic hydroxyl groups is 2. The average molecular weight is 357 g/mol. The van der Waals surface area contributed by atoms with E-state index in [0.717, 1.165) is 18.2 Å². The van der Waals surface area contributed by atoms with Crippen molar-refractivity contribution in [2.45, 2.75) is 63.6 Å². The van der Waals surface area contributed by atoms with E-state index in [1.54, 1.807) is 0 Å². The summed E-state index contributed by atoms with van der Waals surface area (Å²) in [4.78, 5) is 0. The number of hydrogen-bond acceptors (Lipinski definition) is 3. The molecule has 0 aliphatic heterocycles. The van der Waals surface area contributed by atoms with Crippen LogP contribution in [0.1, 0.15) is 34.6 Å². The lowest BCUT2D eigenvalue weighted by atomic mass is 9.74. The molecule has 23 heavy (non-hydrogen) atoms. The van der Waals surface area contributed by atoms with Crippen molar-refractivity contribution < 1.29 is 14.9 Å². The van der Waals surface area contributed by atoms with Crippen LogP contribution in [0.25, 0.3) is 0 Å². The Balaban J connectivity index is 2.92. The maximum absolute atomic E-state index is 10.4. The lowest BCUT2D eigenvalue weighted by Gasteiger charge is -2.30. The van der Waals surface area contributed by atoms with Gasteiger partial charge in [-0.25, -0.2) is 0 Å². The van der Waals surface area contributed by atoms with E-state index in [-0.39, 0.29) is 0 Å². The molecule has 2 radical (unpaired) electrons. The van der Waals surface area contributed by atoms with Crippen molar-refractivity contribution in [3.8, 4) is 0 Å². The molecule has 0 spiro atoms. The van der Waals surface area contributed by atoms with Crippen molar-refractivity contribution in [2.24, 2.45) is 0 Å². The van der Waals surface area contributed by atoms with Crippen molar-refractivity contribution in [3.63, 3.8) is 0 Å². The van der Waals surface area contributed by atoms with Gasteiger partial charge in [0.05, 0.1) is 19.7 Å². The SMILES string of the molecule is [B][C@@H]1C(=C)[C@H](OC(C)(C)[P+](=C)CP(=C)(CC)CC)[C@@H](O)[C@@]1(C)O. The summed E-state index contributed by atoms with van der Waals surface area (Å²) < 4.78 is 6.19. The number of hydrogen-bond donors (Lipinski definition) is 2. The van der Waals surface area contributed by atoms with Gasteiger partial charge in [-0.1, -0.05) is 33.6 Å². The highest BCUT2D eigenvalue weighted by Crippen LogP contribution is 2.57. The van der Waals surface area contributed by atoms with E-state index < -0.39 is 43.4 Å². The van der Waals surface area contributed by atoms with E-state index in [2.05, 4.69) is 33.0 Å². The molecular weight excluding hydrogens is 325 g/mol. The van der Waals surface area contributed by atoms with E-state index >= 15 is 0 Å². The lowest BCUT2D eigenvalue weighted by molar-refractivity contribution is -0.111. The van der Waals surface area contributed by atoms with Crippen molar-refractivity contribution >= 4 is 34.9 Å². The molecule has 0 heterocycles. The van der Waals surface area contributed by atoms with E-state index in [0.29, 0.717) is 5.57 Å². The highest BCUT2D eigenvalue weighted by Gasteiger charge is 2.54. The topological polar surface area (TPSA) is 49.7 Å². The van der Waals surface area contributed by atoms with Crippen molar-refractivity contribution in [3.05, 3.63) is 12.2 Å². The fourth-order valence-corrected chi connectivity index (χ4v) is 9.30. The molecular formula is C17H32BO3P2+. The van der Waals surface area contributed by atoms with Crippen molar-refractivity contribution in [1.29, 1.82) is 0 Å². The standard InChI is InChI=1S/C17H32BO3P2/c1-9-23(8,10-2)11-22(7)16(4,5)21-13-12(3)14(18)17(6,20)15(13)19/h13-15,19-20H,3,7-11H2,1-2,4-6H3/q+1/t13-,14+,15+,17-/m0/s1. The smallest absolute Gasteiger partial charge is 0.219 e. The third-order valence-electron chi connectivity index (χ3n) is 5.27. The van der Waals surface area contributed by atoms with Gasteiger partial charge in [0, 0.05) is 13.8 Å². The number of rotatable bonds is 7. The first-order valence-corrected chi connectivity index (χ1v) is 12.4. The molecule has 2 N–H and O–H groups in total. The zero-order valence-electron chi connectivity index (χ0n) is 15.2. The molecule has 130 valence electrons. The molecule has 0 aromatic heterocycles. The van der Waals surface area contributed by atoms with E-state index in [9.17, 15) is 10.2 Å². The Morgan fingerprint density at radius 1 is 1.39 bits per heavy atom. The van der Waals surface area contributed by atoms with E-state index in [1.165, 1.54) is 6.92 Å². The summed E-state index contributed by atoms with van der Waals surface area (Å²) in [5.74, 6) is 0.306. The summed E-state index contributed by atoms with van der Waals surface area (Å²) in [5, 5.41) is 20.2.